The van der Waals surface area contributed by atoms with Crippen LogP contribution in [0.2, 0.25) is 0 Å². The van der Waals surface area contributed by atoms with Gasteiger partial charge < -0.3 is 0 Å². The average Bonchev–Trinajstić information content (AvgIpc) is 3.66. The topological polar surface area (TPSA) is 52.6 Å². The third kappa shape index (κ3) is 4.32. The van der Waals surface area contributed by atoms with Crippen molar-refractivity contribution in [3.05, 3.63) is 190 Å². The molecule has 9 rings (SSSR count). The Morgan fingerprint density at radius 2 is 0.830 bits per heavy atom. The molecule has 2 unspecified atom stereocenters. The second-order valence-corrected chi connectivity index (χ2v) is 17.2. The fourth-order valence-corrected chi connectivity index (χ4v) is 15.3. The number of carbonyl (C=O) groups is 2. The summed E-state index contributed by atoms with van der Waals surface area (Å²) in [5, 5.41) is 0. The fraction of sp³-hybridized carbons (Fsp3) is 0.0952. The second kappa shape index (κ2) is 11.1. The van der Waals surface area contributed by atoms with Gasteiger partial charge in [-0.05, 0) is 0 Å². The summed E-state index contributed by atoms with van der Waals surface area (Å²) in [6.45, 7) is 0. The molecule has 5 heteroatoms. The summed E-state index contributed by atoms with van der Waals surface area (Å²) in [5.41, 5.74) is 12.1. The van der Waals surface area contributed by atoms with Gasteiger partial charge in [-0.1, -0.05) is 0 Å². The van der Waals surface area contributed by atoms with E-state index in [4.69, 9.17) is 6.64 Å². The van der Waals surface area contributed by atoms with E-state index in [2.05, 4.69) is 72.8 Å². The van der Waals surface area contributed by atoms with Crippen LogP contribution in [-0.2, 0) is 36.8 Å². The zero-order valence-corrected chi connectivity index (χ0v) is 27.1. The van der Waals surface area contributed by atoms with Crippen molar-refractivity contribution >= 4 is 11.9 Å². The van der Waals surface area contributed by atoms with Crippen LogP contribution in [0.1, 0.15) is 62.5 Å². The molecule has 1 heterocycles. The molecule has 226 valence electrons. The molecule has 0 fully saturated rings. The van der Waals surface area contributed by atoms with Crippen LogP contribution in [0.3, 0.4) is 0 Å². The van der Waals surface area contributed by atoms with E-state index < -0.39 is 37.7 Å². The summed E-state index contributed by atoms with van der Waals surface area (Å²) in [7, 11) is 0. The van der Waals surface area contributed by atoms with E-state index in [1.54, 1.807) is 24.3 Å². The summed E-state index contributed by atoms with van der Waals surface area (Å²) in [6.07, 6.45) is 1.65. The van der Waals surface area contributed by atoms with Crippen LogP contribution in [-0.4, -0.2) is 11.9 Å². The molecule has 0 amide bonds. The van der Waals surface area contributed by atoms with Gasteiger partial charge in [-0.2, -0.15) is 0 Å². The Morgan fingerprint density at radius 3 is 1.28 bits per heavy atom. The molecule has 3 aliphatic rings. The number of benzene rings is 6. The van der Waals surface area contributed by atoms with Crippen molar-refractivity contribution in [1.29, 1.82) is 0 Å². The average molecular weight is 647 g/mol. The van der Waals surface area contributed by atoms with Crippen LogP contribution < -0.4 is 0 Å². The normalized spacial score (nSPS) is 17.5. The fourth-order valence-electron chi connectivity index (χ4n) is 8.20. The molecular formula is C42H30O4Ti. The molecule has 0 bridgehead atoms. The number of hydrogen-bond donors (Lipinski definition) is 0. The molecule has 6 aromatic carbocycles. The molecule has 0 N–H and O–H groups in total. The van der Waals surface area contributed by atoms with E-state index in [1.807, 2.05) is 48.5 Å². The zero-order chi connectivity index (χ0) is 31.5. The first-order valence-corrected chi connectivity index (χ1v) is 19.2. The Hall–Kier alpha value is -5.03. The molecule has 0 aromatic heterocycles. The van der Waals surface area contributed by atoms with Crippen LogP contribution in [0.5, 0.6) is 0 Å². The van der Waals surface area contributed by atoms with Gasteiger partial charge in [-0.15, -0.1) is 0 Å². The molecule has 0 spiro atoms. The van der Waals surface area contributed by atoms with Crippen molar-refractivity contribution in [3.63, 3.8) is 0 Å². The molecule has 0 saturated heterocycles. The van der Waals surface area contributed by atoms with Crippen molar-refractivity contribution < 1.29 is 33.6 Å². The van der Waals surface area contributed by atoms with Gasteiger partial charge in [0.2, 0.25) is 0 Å². The van der Waals surface area contributed by atoms with Gasteiger partial charge in [0.25, 0.3) is 0 Å². The second-order valence-electron chi connectivity index (χ2n) is 12.5. The van der Waals surface area contributed by atoms with E-state index in [-0.39, 0.29) is 0 Å². The zero-order valence-electron chi connectivity index (χ0n) is 25.6. The summed E-state index contributed by atoms with van der Waals surface area (Å²) >= 11 is -4.97. The van der Waals surface area contributed by atoms with E-state index in [0.717, 1.165) is 57.3 Å². The molecule has 47 heavy (non-hydrogen) atoms. The number of hydrogen-bond acceptors (Lipinski definition) is 4. The summed E-state index contributed by atoms with van der Waals surface area (Å²) in [4.78, 5) is 29.1. The van der Waals surface area contributed by atoms with Gasteiger partial charge in [0, 0.05) is 0 Å². The first-order valence-electron chi connectivity index (χ1n) is 16.1. The van der Waals surface area contributed by atoms with E-state index in [1.165, 1.54) is 11.1 Å². The molecule has 2 atom stereocenters. The molecule has 6 aromatic rings. The minimum atomic E-state index is -4.97. The van der Waals surface area contributed by atoms with Gasteiger partial charge in [0.1, 0.15) is 0 Å². The maximum atomic E-state index is 14.6. The first-order chi connectivity index (χ1) is 23.1. The maximum absolute atomic E-state index is 14.6. The minimum absolute atomic E-state index is 0.409. The molecular weight excluding hydrogens is 616 g/mol. The van der Waals surface area contributed by atoms with Crippen molar-refractivity contribution in [2.75, 3.05) is 0 Å². The number of carbonyl (C=O) groups excluding carboxylic acids is 2. The number of aryl methyl sites for hydroxylation is 2. The van der Waals surface area contributed by atoms with Gasteiger partial charge in [-0.3, -0.25) is 0 Å². The standard InChI is InChI=1S/C28H20.2C7H6O2.Ti/c1-3-11-23-21(7-1)17-27-19(9-5-13-25(23)27)15-16-20-10-6-14-26-24-12-4-2-8-22(24)18-28(20)26;2*8-7(9)6-4-2-1-3-5-6;/h1-14,17-18H,15-16H2;2*1-5H,(H,8,9);/q;;;+2/p-2. The summed E-state index contributed by atoms with van der Waals surface area (Å²) < 4.78 is 13.5. The molecule has 1 aliphatic heterocycles. The monoisotopic (exact) mass is 646 g/mol. The SMILES string of the molecule is O=C([O][Ti]1([O]C(=O)c2ccccc2)[CH]2c3ccccc3-c3cccc(c32)CCc2cccc3c2[CH]1c1ccccc1-3)c1ccccc1. The Balaban J connectivity index is 1.41. The van der Waals surface area contributed by atoms with Crippen LogP contribution in [0.4, 0.5) is 0 Å². The van der Waals surface area contributed by atoms with Crippen LogP contribution >= 0.6 is 0 Å². The van der Waals surface area contributed by atoms with E-state index >= 15 is 0 Å². The summed E-state index contributed by atoms with van der Waals surface area (Å²) in [6, 6.07) is 48.0. The molecule has 0 radical (unpaired) electrons. The molecule has 0 saturated carbocycles. The van der Waals surface area contributed by atoms with E-state index in [0.29, 0.717) is 11.1 Å². The molecule has 4 nitrogen and oxygen atoms in total. The van der Waals surface area contributed by atoms with Gasteiger partial charge in [-0.25, -0.2) is 0 Å². The van der Waals surface area contributed by atoms with E-state index in [9.17, 15) is 9.59 Å². The first kappa shape index (κ1) is 28.2. The summed E-state index contributed by atoms with van der Waals surface area (Å²) in [5.74, 6) is -0.921. The Kier molecular flexibility index (Phi) is 6.63. The van der Waals surface area contributed by atoms with Crippen LogP contribution in [0.15, 0.2) is 146 Å². The Labute approximate surface area is 277 Å². The van der Waals surface area contributed by atoms with Gasteiger partial charge in [0.15, 0.2) is 0 Å². The predicted molar refractivity (Wildman–Crippen MR) is 179 cm³/mol. The van der Waals surface area contributed by atoms with Crippen molar-refractivity contribution in [2.24, 2.45) is 0 Å². The number of rotatable bonds is 4. The third-order valence-electron chi connectivity index (χ3n) is 10.1. The predicted octanol–water partition coefficient (Wildman–Crippen LogP) is 9.32. The molecule has 2 aliphatic carbocycles. The van der Waals surface area contributed by atoms with Crippen LogP contribution in [0.25, 0.3) is 22.3 Å². The van der Waals surface area contributed by atoms with Crippen molar-refractivity contribution in [2.45, 2.75) is 21.3 Å². The Morgan fingerprint density at radius 1 is 0.447 bits per heavy atom. The third-order valence-corrected chi connectivity index (χ3v) is 16.0. The Bertz CT molecular complexity index is 2050. The van der Waals surface area contributed by atoms with Crippen molar-refractivity contribution in [3.8, 4) is 22.3 Å². The van der Waals surface area contributed by atoms with Gasteiger partial charge >= 0.3 is 279 Å². The van der Waals surface area contributed by atoms with Gasteiger partial charge in [0.05, 0.1) is 0 Å². The number of fused-ring (bicyclic) bond motifs is 6. The van der Waals surface area contributed by atoms with Crippen LogP contribution in [0, 0.1) is 0 Å². The quantitative estimate of drug-likeness (QED) is 0.179. The van der Waals surface area contributed by atoms with Crippen molar-refractivity contribution in [1.82, 2.24) is 0 Å².